The second-order valence-electron chi connectivity index (χ2n) is 7.97. The van der Waals surface area contributed by atoms with Gasteiger partial charge >= 0.3 is 0 Å². The fourth-order valence-electron chi connectivity index (χ4n) is 4.34. The molecule has 2 aliphatic heterocycles. The summed E-state index contributed by atoms with van der Waals surface area (Å²) in [5, 5.41) is 0. The first-order valence-corrected chi connectivity index (χ1v) is 9.08. The van der Waals surface area contributed by atoms with E-state index in [4.69, 9.17) is 0 Å². The average Bonchev–Trinajstić information content (AvgIpc) is 2.83. The molecule has 2 saturated heterocycles. The molecular weight excluding hydrogens is 314 g/mol. The summed E-state index contributed by atoms with van der Waals surface area (Å²) in [5.41, 5.74) is 2.30. The lowest BCUT2D eigenvalue weighted by molar-refractivity contribution is -0.138. The molecule has 3 rings (SSSR count). The molecule has 0 unspecified atom stereocenters. The number of aryl methyl sites for hydroxylation is 1. The van der Waals surface area contributed by atoms with E-state index in [1.807, 2.05) is 54.0 Å². The van der Waals surface area contributed by atoms with Crippen molar-refractivity contribution in [1.29, 1.82) is 0 Å². The zero-order chi connectivity index (χ0) is 18.2. The highest BCUT2D eigenvalue weighted by atomic mass is 16.2. The fraction of sp³-hybridized carbons (Fsp3) is 0.600. The molecule has 0 saturated carbocycles. The predicted molar refractivity (Wildman–Crippen MR) is 98.1 cm³/mol. The monoisotopic (exact) mass is 343 g/mol. The van der Waals surface area contributed by atoms with Crippen molar-refractivity contribution in [2.45, 2.75) is 32.2 Å². The maximum atomic E-state index is 13.2. The van der Waals surface area contributed by atoms with E-state index in [0.717, 1.165) is 43.6 Å². The summed E-state index contributed by atoms with van der Waals surface area (Å²) in [5.74, 6) is 0.415. The van der Waals surface area contributed by atoms with Gasteiger partial charge in [-0.05, 0) is 45.0 Å². The second kappa shape index (κ2) is 6.79. The molecular formula is C20H29N3O2. The number of amides is 2. The molecule has 0 radical (unpaired) electrons. The maximum absolute atomic E-state index is 13.2. The molecule has 0 N–H and O–H groups in total. The molecule has 0 bridgehead atoms. The van der Waals surface area contributed by atoms with E-state index in [9.17, 15) is 9.59 Å². The first-order chi connectivity index (χ1) is 11.8. The van der Waals surface area contributed by atoms with Crippen LogP contribution in [0.25, 0.3) is 0 Å². The normalized spacial score (nSPS) is 21.2. The first-order valence-electron chi connectivity index (χ1n) is 9.08. The summed E-state index contributed by atoms with van der Waals surface area (Å²) in [6.45, 7) is 4.39. The maximum Gasteiger partial charge on any atom is 0.244 e. The van der Waals surface area contributed by atoms with E-state index < -0.39 is 0 Å². The zero-order valence-electron chi connectivity index (χ0n) is 15.8. The number of hydrogen-bond acceptors (Lipinski definition) is 3. The number of likely N-dealkylation sites (tertiary alicyclic amines) is 2. The minimum Gasteiger partial charge on any atom is -0.345 e. The van der Waals surface area contributed by atoms with Gasteiger partial charge in [0.25, 0.3) is 0 Å². The van der Waals surface area contributed by atoms with Crippen LogP contribution in [0.5, 0.6) is 0 Å². The van der Waals surface area contributed by atoms with Gasteiger partial charge < -0.3 is 9.80 Å². The van der Waals surface area contributed by atoms with Gasteiger partial charge in [0.15, 0.2) is 0 Å². The van der Waals surface area contributed by atoms with Crippen LogP contribution in [-0.2, 0) is 9.59 Å². The predicted octanol–water partition coefficient (Wildman–Crippen LogP) is 2.07. The number of piperidine rings is 1. The molecule has 25 heavy (non-hydrogen) atoms. The Morgan fingerprint density at radius 1 is 1.20 bits per heavy atom. The lowest BCUT2D eigenvalue weighted by Gasteiger charge is -2.40. The Hall–Kier alpha value is -1.88. The molecule has 0 aromatic heterocycles. The van der Waals surface area contributed by atoms with E-state index in [-0.39, 0.29) is 23.3 Å². The molecule has 136 valence electrons. The highest BCUT2D eigenvalue weighted by molar-refractivity contribution is 5.84. The van der Waals surface area contributed by atoms with E-state index in [2.05, 4.69) is 13.0 Å². The van der Waals surface area contributed by atoms with Crippen molar-refractivity contribution in [2.24, 2.45) is 5.41 Å². The van der Waals surface area contributed by atoms with Crippen molar-refractivity contribution in [2.75, 3.05) is 40.8 Å². The summed E-state index contributed by atoms with van der Waals surface area (Å²) in [4.78, 5) is 31.0. The van der Waals surface area contributed by atoms with E-state index >= 15 is 0 Å². The molecule has 1 aromatic carbocycles. The van der Waals surface area contributed by atoms with E-state index in [0.29, 0.717) is 6.42 Å². The van der Waals surface area contributed by atoms with Crippen LogP contribution in [0.2, 0.25) is 0 Å². The van der Waals surface area contributed by atoms with E-state index in [1.165, 1.54) is 0 Å². The summed E-state index contributed by atoms with van der Waals surface area (Å²) < 4.78 is 0. The van der Waals surface area contributed by atoms with Crippen LogP contribution in [0.15, 0.2) is 24.3 Å². The Kier molecular flexibility index (Phi) is 4.87. The van der Waals surface area contributed by atoms with Gasteiger partial charge in [-0.2, -0.15) is 0 Å². The smallest absolute Gasteiger partial charge is 0.244 e. The second-order valence-corrected chi connectivity index (χ2v) is 7.97. The number of rotatable bonds is 3. The highest BCUT2D eigenvalue weighted by Crippen LogP contribution is 2.41. The van der Waals surface area contributed by atoms with Crippen LogP contribution in [0.3, 0.4) is 0 Å². The van der Waals surface area contributed by atoms with Crippen molar-refractivity contribution in [3.8, 4) is 0 Å². The Bertz CT molecular complexity index is 663. The quantitative estimate of drug-likeness (QED) is 0.844. The standard InChI is InChI=1S/C20H29N3O2/c1-15-7-5-6-8-16(15)18(21(2)3)19(25)23-11-9-20(10-12-23)13-17(24)22(4)14-20/h5-8,18H,9-14H2,1-4H3/t18-/m0/s1. The average molecular weight is 343 g/mol. The zero-order valence-corrected chi connectivity index (χ0v) is 15.8. The molecule has 5 nitrogen and oxygen atoms in total. The molecule has 2 heterocycles. The summed E-state index contributed by atoms with van der Waals surface area (Å²) >= 11 is 0. The number of carbonyl (C=O) groups excluding carboxylic acids is 2. The summed E-state index contributed by atoms with van der Waals surface area (Å²) in [6.07, 6.45) is 2.48. The molecule has 1 aromatic rings. The van der Waals surface area contributed by atoms with Gasteiger partial charge in [0, 0.05) is 38.5 Å². The van der Waals surface area contributed by atoms with Gasteiger partial charge in [-0.15, -0.1) is 0 Å². The number of nitrogens with zero attached hydrogens (tertiary/aromatic N) is 3. The Labute approximate surface area is 150 Å². The van der Waals surface area contributed by atoms with Crippen molar-refractivity contribution in [3.05, 3.63) is 35.4 Å². The van der Waals surface area contributed by atoms with Crippen LogP contribution in [-0.4, -0.2) is 67.3 Å². The highest BCUT2D eigenvalue weighted by Gasteiger charge is 2.45. The third kappa shape index (κ3) is 3.43. The molecule has 5 heteroatoms. The molecule has 2 aliphatic rings. The lowest BCUT2D eigenvalue weighted by atomic mass is 9.77. The fourth-order valence-corrected chi connectivity index (χ4v) is 4.34. The SMILES string of the molecule is Cc1ccccc1[C@@H](C(=O)N1CCC2(CC1)CC(=O)N(C)C2)N(C)C. The third-order valence-corrected chi connectivity index (χ3v) is 5.89. The Morgan fingerprint density at radius 3 is 2.36 bits per heavy atom. The van der Waals surface area contributed by atoms with Crippen LogP contribution in [0.4, 0.5) is 0 Å². The van der Waals surface area contributed by atoms with Gasteiger partial charge in [-0.1, -0.05) is 24.3 Å². The number of carbonyl (C=O) groups is 2. The van der Waals surface area contributed by atoms with Crippen molar-refractivity contribution in [1.82, 2.24) is 14.7 Å². The molecule has 1 spiro atoms. The lowest BCUT2D eigenvalue weighted by Crippen LogP contribution is -2.47. The van der Waals surface area contributed by atoms with Gasteiger partial charge in [0.2, 0.25) is 11.8 Å². The number of benzene rings is 1. The minimum atomic E-state index is -0.247. The van der Waals surface area contributed by atoms with Crippen LogP contribution < -0.4 is 0 Å². The number of likely N-dealkylation sites (N-methyl/N-ethyl adjacent to an activating group) is 1. The van der Waals surface area contributed by atoms with Gasteiger partial charge in [-0.25, -0.2) is 0 Å². The van der Waals surface area contributed by atoms with Crippen molar-refractivity contribution >= 4 is 11.8 Å². The topological polar surface area (TPSA) is 43.9 Å². The Morgan fingerprint density at radius 2 is 1.84 bits per heavy atom. The third-order valence-electron chi connectivity index (χ3n) is 5.89. The van der Waals surface area contributed by atoms with Crippen LogP contribution in [0, 0.1) is 12.3 Å². The minimum absolute atomic E-state index is 0.0822. The summed E-state index contributed by atoms with van der Waals surface area (Å²) in [7, 11) is 5.81. The van der Waals surface area contributed by atoms with Crippen molar-refractivity contribution in [3.63, 3.8) is 0 Å². The summed E-state index contributed by atoms with van der Waals surface area (Å²) in [6, 6.07) is 7.87. The van der Waals surface area contributed by atoms with Crippen LogP contribution >= 0.6 is 0 Å². The largest absolute Gasteiger partial charge is 0.345 e. The molecule has 1 atom stereocenters. The molecule has 0 aliphatic carbocycles. The Balaban J connectivity index is 1.73. The van der Waals surface area contributed by atoms with Crippen molar-refractivity contribution < 1.29 is 9.59 Å². The molecule has 2 fully saturated rings. The first kappa shape index (κ1) is 17.9. The van der Waals surface area contributed by atoms with Gasteiger partial charge in [0.05, 0.1) is 0 Å². The van der Waals surface area contributed by atoms with E-state index in [1.54, 1.807) is 0 Å². The van der Waals surface area contributed by atoms with Gasteiger partial charge in [-0.3, -0.25) is 14.5 Å². The molecule has 2 amide bonds. The number of hydrogen-bond donors (Lipinski definition) is 0. The van der Waals surface area contributed by atoms with Crippen LogP contribution in [0.1, 0.15) is 36.4 Å². The van der Waals surface area contributed by atoms with Gasteiger partial charge in [0.1, 0.15) is 6.04 Å².